The molecule has 200 valence electrons. The van der Waals surface area contributed by atoms with E-state index in [2.05, 4.69) is 15.7 Å². The summed E-state index contributed by atoms with van der Waals surface area (Å²) in [5.74, 6) is -0.896. The van der Waals surface area contributed by atoms with Crippen molar-refractivity contribution in [2.24, 2.45) is 17.8 Å². The Morgan fingerprint density at radius 2 is 1.64 bits per heavy atom. The van der Waals surface area contributed by atoms with E-state index in [-0.39, 0.29) is 30.3 Å². The van der Waals surface area contributed by atoms with Gasteiger partial charge in [-0.05, 0) is 36.2 Å². The van der Waals surface area contributed by atoms with Crippen LogP contribution in [0.4, 0.5) is 4.79 Å². The van der Waals surface area contributed by atoms with Gasteiger partial charge in [-0.25, -0.2) is 9.59 Å². The highest BCUT2D eigenvalue weighted by atomic mass is 16.5. The second-order valence-corrected chi connectivity index (χ2v) is 10.4. The van der Waals surface area contributed by atoms with Crippen molar-refractivity contribution in [1.29, 1.82) is 0 Å². The van der Waals surface area contributed by atoms with Crippen LogP contribution in [0, 0.1) is 17.8 Å². The number of aromatic nitrogens is 2. The van der Waals surface area contributed by atoms with E-state index >= 15 is 0 Å². The molecule has 0 saturated heterocycles. The van der Waals surface area contributed by atoms with Crippen LogP contribution in [0.2, 0.25) is 0 Å². The molecule has 2 aromatic rings. The van der Waals surface area contributed by atoms with Crippen molar-refractivity contribution in [2.45, 2.75) is 85.7 Å². The van der Waals surface area contributed by atoms with E-state index in [0.29, 0.717) is 19.4 Å². The Balaban J connectivity index is 2.12. The maximum Gasteiger partial charge on any atom is 0.437 e. The van der Waals surface area contributed by atoms with E-state index < -0.39 is 35.9 Å². The SMILES string of the molecule is CC(C)CC(NC(=O)OCc1ccccc1)C(=O)NC(CC(C)C)C(O)c1nn(CC(C)C)c(=O)o1. The number of hydrogen-bond donors (Lipinski definition) is 3. The lowest BCUT2D eigenvalue weighted by atomic mass is 9.97. The highest BCUT2D eigenvalue weighted by Gasteiger charge is 2.32. The van der Waals surface area contributed by atoms with Crippen molar-refractivity contribution >= 4 is 12.0 Å². The zero-order chi connectivity index (χ0) is 26.8. The molecule has 0 fully saturated rings. The number of amides is 2. The highest BCUT2D eigenvalue weighted by Crippen LogP contribution is 2.20. The number of benzene rings is 1. The van der Waals surface area contributed by atoms with Crippen molar-refractivity contribution in [3.63, 3.8) is 0 Å². The number of hydrogen-bond acceptors (Lipinski definition) is 7. The van der Waals surface area contributed by atoms with Crippen LogP contribution in [0.15, 0.2) is 39.5 Å². The van der Waals surface area contributed by atoms with Crippen molar-refractivity contribution in [2.75, 3.05) is 0 Å². The van der Waals surface area contributed by atoms with Crippen LogP contribution in [-0.2, 0) is 22.7 Å². The van der Waals surface area contributed by atoms with Gasteiger partial charge in [0.05, 0.1) is 12.6 Å². The summed E-state index contributed by atoms with van der Waals surface area (Å²) in [7, 11) is 0. The largest absolute Gasteiger partial charge is 0.445 e. The lowest BCUT2D eigenvalue weighted by molar-refractivity contribution is -0.125. The van der Waals surface area contributed by atoms with Gasteiger partial charge in [0.1, 0.15) is 12.6 Å². The molecule has 2 amide bonds. The predicted octanol–water partition coefficient (Wildman–Crippen LogP) is 3.40. The minimum absolute atomic E-state index is 0.0788. The average molecular weight is 505 g/mol. The second kappa shape index (κ2) is 13.8. The fraction of sp³-hybridized carbons (Fsp3) is 0.615. The maximum absolute atomic E-state index is 13.2. The molecule has 0 saturated carbocycles. The van der Waals surface area contributed by atoms with Gasteiger partial charge in [0.25, 0.3) is 0 Å². The number of ether oxygens (including phenoxy) is 1. The standard InChI is InChI=1S/C26H40N4O6/c1-16(2)12-20(22(31)24-29-30(14-18(5)6)26(34)36-24)27-23(32)21(13-17(3)4)28-25(33)35-15-19-10-8-7-9-11-19/h7-11,16-18,20-22,31H,12-15H2,1-6H3,(H,27,32)(H,28,33). The molecule has 1 aromatic heterocycles. The lowest BCUT2D eigenvalue weighted by Gasteiger charge is -2.27. The van der Waals surface area contributed by atoms with Crippen molar-refractivity contribution < 1.29 is 23.8 Å². The van der Waals surface area contributed by atoms with Gasteiger partial charge in [-0.1, -0.05) is 71.9 Å². The smallest absolute Gasteiger partial charge is 0.437 e. The number of rotatable bonds is 13. The van der Waals surface area contributed by atoms with Gasteiger partial charge in [-0.15, -0.1) is 5.10 Å². The Morgan fingerprint density at radius 1 is 1.00 bits per heavy atom. The Morgan fingerprint density at radius 3 is 2.22 bits per heavy atom. The first-order valence-corrected chi connectivity index (χ1v) is 12.5. The highest BCUT2D eigenvalue weighted by molar-refractivity contribution is 5.85. The lowest BCUT2D eigenvalue weighted by Crippen LogP contribution is -2.51. The summed E-state index contributed by atoms with van der Waals surface area (Å²) in [6, 6.07) is 7.59. The molecule has 0 aliphatic rings. The minimum atomic E-state index is -1.33. The van der Waals surface area contributed by atoms with E-state index in [4.69, 9.17) is 9.15 Å². The molecular weight excluding hydrogens is 464 g/mol. The third kappa shape index (κ3) is 9.49. The third-order valence-corrected chi connectivity index (χ3v) is 5.38. The van der Waals surface area contributed by atoms with E-state index in [9.17, 15) is 19.5 Å². The van der Waals surface area contributed by atoms with Gasteiger partial charge < -0.3 is 24.9 Å². The molecule has 10 nitrogen and oxygen atoms in total. The molecule has 3 unspecified atom stereocenters. The first-order valence-electron chi connectivity index (χ1n) is 12.5. The van der Waals surface area contributed by atoms with Crippen molar-refractivity contribution in [3.05, 3.63) is 52.3 Å². The van der Waals surface area contributed by atoms with Crippen LogP contribution >= 0.6 is 0 Å². The van der Waals surface area contributed by atoms with Crippen molar-refractivity contribution in [1.82, 2.24) is 20.4 Å². The summed E-state index contributed by atoms with van der Waals surface area (Å²) < 4.78 is 11.6. The van der Waals surface area contributed by atoms with Gasteiger partial charge in [0.15, 0.2) is 6.10 Å². The molecule has 0 aliphatic heterocycles. The number of nitrogens with zero attached hydrogens (tertiary/aromatic N) is 2. The van der Waals surface area contributed by atoms with E-state index in [1.54, 1.807) is 0 Å². The van der Waals surface area contributed by atoms with Crippen LogP contribution < -0.4 is 16.4 Å². The summed E-state index contributed by atoms with van der Waals surface area (Å²) in [6.45, 7) is 12.1. The zero-order valence-corrected chi connectivity index (χ0v) is 22.1. The number of carbonyl (C=O) groups is 2. The fourth-order valence-corrected chi connectivity index (χ4v) is 3.74. The number of carbonyl (C=O) groups excluding carboxylic acids is 2. The molecule has 0 spiro atoms. The molecule has 36 heavy (non-hydrogen) atoms. The van der Waals surface area contributed by atoms with Crippen LogP contribution in [0.3, 0.4) is 0 Å². The normalized spacial score (nSPS) is 14.1. The van der Waals surface area contributed by atoms with E-state index in [0.717, 1.165) is 5.56 Å². The summed E-state index contributed by atoms with van der Waals surface area (Å²) in [6.07, 6.45) is -1.27. The van der Waals surface area contributed by atoms with Crippen LogP contribution in [0.1, 0.15) is 71.9 Å². The molecule has 10 heteroatoms. The zero-order valence-electron chi connectivity index (χ0n) is 22.1. The van der Waals surface area contributed by atoms with Gasteiger partial charge in [-0.2, -0.15) is 4.68 Å². The average Bonchev–Trinajstić information content (AvgIpc) is 3.15. The Kier molecular flexibility index (Phi) is 11.2. The molecule has 0 radical (unpaired) electrons. The first kappa shape index (κ1) is 29.1. The Bertz CT molecular complexity index is 1010. The predicted molar refractivity (Wildman–Crippen MR) is 135 cm³/mol. The topological polar surface area (TPSA) is 136 Å². The fourth-order valence-electron chi connectivity index (χ4n) is 3.74. The third-order valence-electron chi connectivity index (χ3n) is 5.38. The molecular formula is C26H40N4O6. The van der Waals surface area contributed by atoms with Gasteiger partial charge in [0.2, 0.25) is 11.8 Å². The number of aliphatic hydroxyl groups excluding tert-OH is 1. The number of aliphatic hydroxyl groups is 1. The monoisotopic (exact) mass is 504 g/mol. The summed E-state index contributed by atoms with van der Waals surface area (Å²) in [5, 5.41) is 20.6. The summed E-state index contributed by atoms with van der Waals surface area (Å²) in [5.41, 5.74) is 0.830. The Labute approximate surface area is 212 Å². The van der Waals surface area contributed by atoms with Gasteiger partial charge in [0, 0.05) is 0 Å². The van der Waals surface area contributed by atoms with Crippen molar-refractivity contribution in [3.8, 4) is 0 Å². The summed E-state index contributed by atoms with van der Waals surface area (Å²) in [4.78, 5) is 37.8. The number of alkyl carbamates (subject to hydrolysis) is 1. The van der Waals surface area contributed by atoms with Crippen LogP contribution in [0.25, 0.3) is 0 Å². The maximum atomic E-state index is 13.2. The van der Waals surface area contributed by atoms with E-state index in [1.807, 2.05) is 71.9 Å². The molecule has 3 atom stereocenters. The summed E-state index contributed by atoms with van der Waals surface area (Å²) >= 11 is 0. The molecule has 0 aliphatic carbocycles. The second-order valence-electron chi connectivity index (χ2n) is 10.4. The molecule has 3 N–H and O–H groups in total. The molecule has 1 aromatic carbocycles. The quantitative estimate of drug-likeness (QED) is 0.380. The molecule has 0 bridgehead atoms. The van der Waals surface area contributed by atoms with E-state index in [1.165, 1.54) is 4.68 Å². The van der Waals surface area contributed by atoms with Gasteiger partial charge >= 0.3 is 11.8 Å². The molecule has 2 rings (SSSR count). The van der Waals surface area contributed by atoms with Crippen LogP contribution in [-0.4, -0.2) is 39.0 Å². The molecule has 1 heterocycles. The minimum Gasteiger partial charge on any atom is -0.445 e. The first-order chi connectivity index (χ1) is 17.0. The Hall–Kier alpha value is -3.14. The van der Waals surface area contributed by atoms with Crippen LogP contribution in [0.5, 0.6) is 0 Å². The number of nitrogens with one attached hydrogen (secondary N) is 2. The van der Waals surface area contributed by atoms with Gasteiger partial charge in [-0.3, -0.25) is 4.79 Å².